The van der Waals surface area contributed by atoms with E-state index in [1.54, 1.807) is 48.5 Å². The van der Waals surface area contributed by atoms with Crippen LogP contribution in [0.4, 0.5) is 9.59 Å². The van der Waals surface area contributed by atoms with Gasteiger partial charge in [-0.3, -0.25) is 4.79 Å². The summed E-state index contributed by atoms with van der Waals surface area (Å²) in [5.74, 6) is -0.469. The summed E-state index contributed by atoms with van der Waals surface area (Å²) < 4.78 is 22.9. The molecule has 0 aromatic carbocycles. The maximum atomic E-state index is 13.1. The van der Waals surface area contributed by atoms with Gasteiger partial charge in [-0.1, -0.05) is 45.4 Å². The van der Waals surface area contributed by atoms with Crippen molar-refractivity contribution in [3.05, 3.63) is 0 Å². The second kappa shape index (κ2) is 21.7. The molecule has 0 aliphatic heterocycles. The maximum absolute atomic E-state index is 13.1. The number of unbranched alkanes of at least 4 members (excludes halogenated alkanes) is 6. The summed E-state index contributed by atoms with van der Waals surface area (Å²) in [7, 11) is 0. The number of nitrogens with one attached hydrogen (secondary N) is 2. The third-order valence-corrected chi connectivity index (χ3v) is 6.45. The third-order valence-electron chi connectivity index (χ3n) is 6.45. The van der Waals surface area contributed by atoms with Crippen molar-refractivity contribution < 1.29 is 38.4 Å². The lowest BCUT2D eigenvalue weighted by molar-refractivity contribution is -0.141. The van der Waals surface area contributed by atoms with Crippen molar-refractivity contribution in [2.24, 2.45) is 0 Å². The van der Waals surface area contributed by atoms with Crippen molar-refractivity contribution in [3.63, 3.8) is 0 Å². The van der Waals surface area contributed by atoms with Gasteiger partial charge in [-0.15, -0.1) is 0 Å². The molecule has 0 aliphatic carbocycles. The van der Waals surface area contributed by atoms with Crippen LogP contribution in [0.5, 0.6) is 0 Å². The van der Waals surface area contributed by atoms with Gasteiger partial charge in [-0.2, -0.15) is 0 Å². The van der Waals surface area contributed by atoms with Crippen molar-refractivity contribution in [1.29, 1.82) is 0 Å². The summed E-state index contributed by atoms with van der Waals surface area (Å²) in [6.45, 7) is 19.6. The Morgan fingerprint density at radius 3 is 1.91 bits per heavy atom. The highest BCUT2D eigenvalue weighted by molar-refractivity contribution is 5.91. The topological polar surface area (TPSA) is 136 Å². The number of imide groups is 1. The fraction of sp³-hybridized carbons (Fsp3) is 0.906. The first kappa shape index (κ1) is 41.0. The summed E-state index contributed by atoms with van der Waals surface area (Å²) in [4.78, 5) is 38.6. The van der Waals surface area contributed by atoms with E-state index in [9.17, 15) is 19.5 Å². The predicted molar refractivity (Wildman–Crippen MR) is 169 cm³/mol. The summed E-state index contributed by atoms with van der Waals surface area (Å²) >= 11 is 0. The van der Waals surface area contributed by atoms with Gasteiger partial charge in [0, 0.05) is 26.6 Å². The molecule has 0 aliphatic rings. The van der Waals surface area contributed by atoms with Crippen LogP contribution in [0.15, 0.2) is 0 Å². The van der Waals surface area contributed by atoms with Gasteiger partial charge in [0.2, 0.25) is 5.91 Å². The molecule has 254 valence electrons. The van der Waals surface area contributed by atoms with Gasteiger partial charge in [0.1, 0.15) is 11.2 Å². The molecule has 0 rings (SSSR count). The highest BCUT2D eigenvalue weighted by Crippen LogP contribution is 2.21. The number of aliphatic hydroxyl groups excluding tert-OH is 1. The number of alkyl carbamates (subject to hydrolysis) is 1. The number of aliphatic hydroxyl groups is 1. The zero-order chi connectivity index (χ0) is 33.1. The van der Waals surface area contributed by atoms with E-state index in [1.807, 2.05) is 6.92 Å². The molecule has 43 heavy (non-hydrogen) atoms. The van der Waals surface area contributed by atoms with Crippen LogP contribution in [0.2, 0.25) is 0 Å². The lowest BCUT2D eigenvalue weighted by Gasteiger charge is -2.38. The van der Waals surface area contributed by atoms with Crippen LogP contribution in [-0.2, 0) is 23.7 Å². The predicted octanol–water partition coefficient (Wildman–Crippen LogP) is 5.56. The Bertz CT molecular complexity index is 782. The smallest absolute Gasteiger partial charge is 0.417 e. The van der Waals surface area contributed by atoms with Crippen molar-refractivity contribution in [2.45, 2.75) is 156 Å². The van der Waals surface area contributed by atoms with Crippen LogP contribution in [0, 0.1) is 0 Å². The lowest BCUT2D eigenvalue weighted by atomic mass is 10.0. The van der Waals surface area contributed by atoms with Crippen molar-refractivity contribution in [1.82, 2.24) is 15.5 Å². The Morgan fingerprint density at radius 1 is 0.791 bits per heavy atom. The highest BCUT2D eigenvalue weighted by atomic mass is 16.6. The first-order valence-electron chi connectivity index (χ1n) is 16.1. The number of carbonyl (C=O) groups excluding carboxylic acids is 3. The van der Waals surface area contributed by atoms with Gasteiger partial charge < -0.3 is 34.7 Å². The zero-order valence-corrected chi connectivity index (χ0v) is 28.8. The Morgan fingerprint density at radius 2 is 1.35 bits per heavy atom. The standard InChI is InChI=1S/C32H63N3O8/c1-11-12-13-14-15-16-17-21-40-24(2)28(35(26(4)36)30(39)43-32(8,9)10)25(3)41-23-27(37)22-33-19-18-20-34-29(38)42-31(5,6)7/h24-25,27-28,33,37H,11-23H2,1-10H3,(H,34,38)/t24?,25-,27?,28?/m0/s1. The Kier molecular flexibility index (Phi) is 20.7. The first-order valence-corrected chi connectivity index (χ1v) is 16.1. The molecule has 11 heteroatoms. The molecule has 0 saturated carbocycles. The molecule has 0 aromatic rings. The number of rotatable bonds is 21. The fourth-order valence-electron chi connectivity index (χ4n) is 4.41. The Hall–Kier alpha value is -1.95. The minimum Gasteiger partial charge on any atom is -0.444 e. The molecule has 0 radical (unpaired) electrons. The quantitative estimate of drug-likeness (QED) is 0.141. The third kappa shape index (κ3) is 21.4. The number of nitrogens with zero attached hydrogens (tertiary/aromatic N) is 1. The van der Waals surface area contributed by atoms with E-state index < -0.39 is 53.6 Å². The molecular weight excluding hydrogens is 554 g/mol. The van der Waals surface area contributed by atoms with Crippen LogP contribution < -0.4 is 10.6 Å². The molecule has 4 atom stereocenters. The van der Waals surface area contributed by atoms with E-state index in [1.165, 1.54) is 32.6 Å². The molecule has 3 unspecified atom stereocenters. The van der Waals surface area contributed by atoms with Crippen LogP contribution in [0.1, 0.15) is 121 Å². The highest BCUT2D eigenvalue weighted by Gasteiger charge is 2.39. The van der Waals surface area contributed by atoms with Gasteiger partial charge in [0.15, 0.2) is 0 Å². The van der Waals surface area contributed by atoms with Crippen LogP contribution in [-0.4, -0.2) is 96.5 Å². The van der Waals surface area contributed by atoms with Crippen LogP contribution >= 0.6 is 0 Å². The van der Waals surface area contributed by atoms with Gasteiger partial charge >= 0.3 is 12.2 Å². The average molecular weight is 618 g/mol. The van der Waals surface area contributed by atoms with E-state index >= 15 is 0 Å². The molecule has 0 fully saturated rings. The van der Waals surface area contributed by atoms with Gasteiger partial charge in [0.25, 0.3) is 0 Å². The Labute approximate surface area is 261 Å². The number of hydrogen-bond acceptors (Lipinski definition) is 9. The lowest BCUT2D eigenvalue weighted by Crippen LogP contribution is -2.56. The first-order chi connectivity index (χ1) is 20.0. The number of carbonyl (C=O) groups is 3. The number of hydrogen-bond donors (Lipinski definition) is 3. The van der Waals surface area contributed by atoms with E-state index in [0.29, 0.717) is 26.1 Å². The van der Waals surface area contributed by atoms with Crippen molar-refractivity contribution in [3.8, 4) is 0 Å². The van der Waals surface area contributed by atoms with E-state index in [0.717, 1.165) is 24.2 Å². The summed E-state index contributed by atoms with van der Waals surface area (Å²) in [6, 6.07) is -0.754. The SMILES string of the molecule is CCCCCCCCCOC(C)C([C@H](C)OCC(O)CNCCCNC(=O)OC(C)(C)C)N(C(C)=O)C(=O)OC(C)(C)C. The molecule has 11 nitrogen and oxygen atoms in total. The molecule has 0 spiro atoms. The summed E-state index contributed by atoms with van der Waals surface area (Å²) in [5, 5.41) is 16.3. The summed E-state index contributed by atoms with van der Waals surface area (Å²) in [6.07, 6.45) is 5.53. The molecule has 0 aromatic heterocycles. The zero-order valence-electron chi connectivity index (χ0n) is 28.8. The number of amides is 3. The fourth-order valence-corrected chi connectivity index (χ4v) is 4.41. The van der Waals surface area contributed by atoms with E-state index in [-0.39, 0.29) is 13.2 Å². The maximum Gasteiger partial charge on any atom is 0.417 e. The minimum absolute atomic E-state index is 0.00856. The second-order valence-electron chi connectivity index (χ2n) is 13.2. The second-order valence-corrected chi connectivity index (χ2v) is 13.2. The molecular formula is C32H63N3O8. The normalized spacial score (nSPS) is 14.9. The Balaban J connectivity index is 4.99. The minimum atomic E-state index is -0.821. The van der Waals surface area contributed by atoms with Gasteiger partial charge in [0.05, 0.1) is 31.0 Å². The molecule has 0 heterocycles. The van der Waals surface area contributed by atoms with E-state index in [2.05, 4.69) is 17.6 Å². The molecule has 3 amide bonds. The van der Waals surface area contributed by atoms with Gasteiger partial charge in [-0.25, -0.2) is 14.5 Å². The molecule has 0 bridgehead atoms. The largest absolute Gasteiger partial charge is 0.444 e. The van der Waals surface area contributed by atoms with Crippen molar-refractivity contribution >= 4 is 18.1 Å². The molecule has 0 saturated heterocycles. The summed E-state index contributed by atoms with van der Waals surface area (Å²) in [5.41, 5.74) is -1.33. The van der Waals surface area contributed by atoms with Crippen molar-refractivity contribution in [2.75, 3.05) is 32.8 Å². The monoisotopic (exact) mass is 617 g/mol. The molecule has 3 N–H and O–H groups in total. The van der Waals surface area contributed by atoms with E-state index in [4.69, 9.17) is 18.9 Å². The van der Waals surface area contributed by atoms with Gasteiger partial charge in [-0.05, 0) is 74.8 Å². The van der Waals surface area contributed by atoms with Crippen LogP contribution in [0.25, 0.3) is 0 Å². The average Bonchev–Trinajstić information content (AvgIpc) is 2.86. The van der Waals surface area contributed by atoms with Crippen LogP contribution in [0.3, 0.4) is 0 Å². The number of ether oxygens (including phenoxy) is 4.